The Morgan fingerprint density at radius 2 is 1.95 bits per heavy atom. The van der Waals surface area contributed by atoms with Gasteiger partial charge in [0.25, 0.3) is 0 Å². The summed E-state index contributed by atoms with van der Waals surface area (Å²) < 4.78 is 37.5. The van der Waals surface area contributed by atoms with Crippen molar-refractivity contribution in [3.8, 4) is 11.5 Å². The van der Waals surface area contributed by atoms with E-state index in [0.29, 0.717) is 31.3 Å². The van der Waals surface area contributed by atoms with Gasteiger partial charge in [-0.05, 0) is 26.0 Å². The Hall–Kier alpha value is -1.80. The van der Waals surface area contributed by atoms with Crippen molar-refractivity contribution >= 4 is 15.9 Å². The molecule has 116 valence electrons. The lowest BCUT2D eigenvalue weighted by atomic mass is 10.3. The number of likely N-dealkylation sites (N-methyl/N-ethyl adjacent to an activating group) is 1. The number of rotatable bonds is 5. The van der Waals surface area contributed by atoms with E-state index in [4.69, 9.17) is 9.47 Å². The summed E-state index contributed by atoms with van der Waals surface area (Å²) >= 11 is 0. The van der Waals surface area contributed by atoms with E-state index < -0.39 is 16.1 Å². The number of amides is 1. The Labute approximate surface area is 123 Å². The van der Waals surface area contributed by atoms with Gasteiger partial charge >= 0.3 is 0 Å². The molecular formula is C13H18N2O5S. The van der Waals surface area contributed by atoms with Gasteiger partial charge in [-0.3, -0.25) is 4.79 Å². The molecule has 8 heteroatoms. The summed E-state index contributed by atoms with van der Waals surface area (Å²) in [6.45, 7) is 4.50. The Kier molecular flexibility index (Phi) is 4.69. The highest BCUT2D eigenvalue weighted by molar-refractivity contribution is 7.89. The van der Waals surface area contributed by atoms with Gasteiger partial charge < -0.3 is 14.8 Å². The van der Waals surface area contributed by atoms with Crippen LogP contribution in [0.15, 0.2) is 23.1 Å². The number of benzene rings is 1. The van der Waals surface area contributed by atoms with Gasteiger partial charge in [-0.25, -0.2) is 8.42 Å². The molecule has 0 fully saturated rings. The number of fused-ring (bicyclic) bond motifs is 1. The van der Waals surface area contributed by atoms with E-state index in [9.17, 15) is 13.2 Å². The fourth-order valence-electron chi connectivity index (χ4n) is 1.87. The molecule has 0 saturated carbocycles. The second-order valence-electron chi connectivity index (χ2n) is 4.54. The Morgan fingerprint density at radius 1 is 1.29 bits per heavy atom. The maximum Gasteiger partial charge on any atom is 0.241 e. The van der Waals surface area contributed by atoms with E-state index in [1.54, 1.807) is 13.0 Å². The maximum atomic E-state index is 12.2. The van der Waals surface area contributed by atoms with Crippen LogP contribution in [0.25, 0.3) is 0 Å². The number of ether oxygens (including phenoxy) is 2. The molecule has 2 N–H and O–H groups in total. The molecule has 1 aliphatic heterocycles. The molecule has 0 aliphatic carbocycles. The highest BCUT2D eigenvalue weighted by Crippen LogP contribution is 2.32. The number of nitrogens with one attached hydrogen (secondary N) is 2. The minimum atomic E-state index is -3.80. The van der Waals surface area contributed by atoms with Crippen LogP contribution in [0, 0.1) is 0 Å². The van der Waals surface area contributed by atoms with Crippen molar-refractivity contribution < 1.29 is 22.7 Å². The predicted molar refractivity (Wildman–Crippen MR) is 75.9 cm³/mol. The zero-order valence-electron chi connectivity index (χ0n) is 11.9. The second-order valence-corrected chi connectivity index (χ2v) is 6.26. The van der Waals surface area contributed by atoms with Crippen molar-refractivity contribution in [3.63, 3.8) is 0 Å². The van der Waals surface area contributed by atoms with Crippen LogP contribution in [-0.2, 0) is 14.8 Å². The number of hydrogen-bond acceptors (Lipinski definition) is 5. The number of hydrogen-bond donors (Lipinski definition) is 2. The van der Waals surface area contributed by atoms with E-state index in [-0.39, 0.29) is 10.8 Å². The third kappa shape index (κ3) is 3.64. The Bertz CT molecular complexity index is 629. The molecule has 2 rings (SSSR count). The average Bonchev–Trinajstić information content (AvgIpc) is 2.46. The summed E-state index contributed by atoms with van der Waals surface area (Å²) in [5.74, 6) is 0.519. The molecule has 21 heavy (non-hydrogen) atoms. The first-order valence-corrected chi connectivity index (χ1v) is 8.12. The molecule has 0 spiro atoms. The van der Waals surface area contributed by atoms with Crippen LogP contribution in [0.1, 0.15) is 13.8 Å². The smallest absolute Gasteiger partial charge is 0.241 e. The van der Waals surface area contributed by atoms with Gasteiger partial charge in [-0.15, -0.1) is 0 Å². The first-order chi connectivity index (χ1) is 9.94. The molecule has 1 aromatic rings. The molecule has 1 atom stereocenters. The van der Waals surface area contributed by atoms with Gasteiger partial charge in [0, 0.05) is 12.6 Å². The Balaban J connectivity index is 2.18. The van der Waals surface area contributed by atoms with E-state index in [1.807, 2.05) is 0 Å². The van der Waals surface area contributed by atoms with Crippen molar-refractivity contribution in [2.45, 2.75) is 24.8 Å². The highest BCUT2D eigenvalue weighted by Gasteiger charge is 2.23. The van der Waals surface area contributed by atoms with Crippen LogP contribution in [0.3, 0.4) is 0 Å². The average molecular weight is 314 g/mol. The fourth-order valence-corrected chi connectivity index (χ4v) is 3.09. The van der Waals surface area contributed by atoms with Crippen LogP contribution < -0.4 is 19.5 Å². The monoisotopic (exact) mass is 314 g/mol. The zero-order valence-corrected chi connectivity index (χ0v) is 12.7. The van der Waals surface area contributed by atoms with Gasteiger partial charge in [0.1, 0.15) is 13.2 Å². The second kappa shape index (κ2) is 6.31. The van der Waals surface area contributed by atoms with E-state index in [0.717, 1.165) is 0 Å². The fraction of sp³-hybridized carbons (Fsp3) is 0.462. The lowest BCUT2D eigenvalue weighted by molar-refractivity contribution is -0.122. The molecule has 7 nitrogen and oxygen atoms in total. The standard InChI is InChI=1S/C13H18N2O5S/c1-3-14-13(16)9(2)15-21(17,18)10-4-5-11-12(8-10)20-7-6-19-11/h4-5,8-9,15H,3,6-7H2,1-2H3,(H,14,16)/t9-/m1/s1. The lowest BCUT2D eigenvalue weighted by Gasteiger charge is -2.19. The van der Waals surface area contributed by atoms with Gasteiger partial charge in [0.2, 0.25) is 15.9 Å². The molecule has 0 bridgehead atoms. The zero-order chi connectivity index (χ0) is 15.5. The Morgan fingerprint density at radius 3 is 2.62 bits per heavy atom. The molecule has 0 unspecified atom stereocenters. The number of sulfonamides is 1. The topological polar surface area (TPSA) is 93.7 Å². The third-order valence-corrected chi connectivity index (χ3v) is 4.44. The molecule has 1 aromatic carbocycles. The van der Waals surface area contributed by atoms with Crippen molar-refractivity contribution in [2.24, 2.45) is 0 Å². The minimum Gasteiger partial charge on any atom is -0.486 e. The number of carbonyl (C=O) groups excluding carboxylic acids is 1. The molecule has 1 amide bonds. The van der Waals surface area contributed by atoms with Gasteiger partial charge in [-0.1, -0.05) is 0 Å². The SMILES string of the molecule is CCNC(=O)[C@@H](C)NS(=O)(=O)c1ccc2c(c1)OCCO2. The summed E-state index contributed by atoms with van der Waals surface area (Å²) in [6.07, 6.45) is 0. The van der Waals surface area contributed by atoms with Crippen LogP contribution >= 0.6 is 0 Å². The predicted octanol–water partition coefficient (Wildman–Crippen LogP) is 0.261. The number of carbonyl (C=O) groups is 1. The van der Waals surface area contributed by atoms with Crippen LogP contribution in [0.2, 0.25) is 0 Å². The first-order valence-electron chi connectivity index (χ1n) is 6.63. The molecule has 0 radical (unpaired) electrons. The van der Waals surface area contributed by atoms with Crippen molar-refractivity contribution in [1.29, 1.82) is 0 Å². The summed E-state index contributed by atoms with van der Waals surface area (Å²) in [5.41, 5.74) is 0. The molecule has 1 aliphatic rings. The highest BCUT2D eigenvalue weighted by atomic mass is 32.2. The van der Waals surface area contributed by atoms with Crippen molar-refractivity contribution in [3.05, 3.63) is 18.2 Å². The summed E-state index contributed by atoms with van der Waals surface area (Å²) in [7, 11) is -3.80. The van der Waals surface area contributed by atoms with Crippen molar-refractivity contribution in [1.82, 2.24) is 10.0 Å². The normalized spacial score (nSPS) is 15.3. The molecule has 0 aromatic heterocycles. The van der Waals surface area contributed by atoms with Crippen molar-refractivity contribution in [2.75, 3.05) is 19.8 Å². The van der Waals surface area contributed by atoms with Crippen LogP contribution in [-0.4, -0.2) is 40.1 Å². The van der Waals surface area contributed by atoms with Crippen LogP contribution in [0.4, 0.5) is 0 Å². The van der Waals surface area contributed by atoms with E-state index in [1.165, 1.54) is 19.1 Å². The minimum absolute atomic E-state index is 0.0305. The molecule has 1 heterocycles. The third-order valence-electron chi connectivity index (χ3n) is 2.90. The first kappa shape index (κ1) is 15.6. The summed E-state index contributed by atoms with van der Waals surface area (Å²) in [4.78, 5) is 11.6. The summed E-state index contributed by atoms with van der Waals surface area (Å²) in [6, 6.07) is 3.49. The largest absolute Gasteiger partial charge is 0.486 e. The van der Waals surface area contributed by atoms with Gasteiger partial charge in [0.15, 0.2) is 11.5 Å². The van der Waals surface area contributed by atoms with Gasteiger partial charge in [0.05, 0.1) is 10.9 Å². The van der Waals surface area contributed by atoms with Gasteiger partial charge in [-0.2, -0.15) is 4.72 Å². The summed E-state index contributed by atoms with van der Waals surface area (Å²) in [5, 5.41) is 2.56. The quantitative estimate of drug-likeness (QED) is 0.813. The molecular weight excluding hydrogens is 296 g/mol. The van der Waals surface area contributed by atoms with E-state index in [2.05, 4.69) is 10.0 Å². The lowest BCUT2D eigenvalue weighted by Crippen LogP contribution is -2.44. The van der Waals surface area contributed by atoms with E-state index >= 15 is 0 Å². The van der Waals surface area contributed by atoms with Crippen LogP contribution in [0.5, 0.6) is 11.5 Å². The molecule has 0 saturated heterocycles. The maximum absolute atomic E-state index is 12.2.